The fourth-order valence-corrected chi connectivity index (χ4v) is 7.09. The van der Waals surface area contributed by atoms with Gasteiger partial charge in [0.25, 0.3) is 10.2 Å². The Morgan fingerprint density at radius 1 is 1.35 bits per heavy atom. The van der Waals surface area contributed by atoms with E-state index in [1.54, 1.807) is 0 Å². The highest BCUT2D eigenvalue weighted by molar-refractivity contribution is 8.01. The van der Waals surface area contributed by atoms with Gasteiger partial charge in [-0.25, -0.2) is 8.42 Å². The molecule has 0 amide bonds. The summed E-state index contributed by atoms with van der Waals surface area (Å²) >= 11 is 1.47. The zero-order chi connectivity index (χ0) is 15.4. The maximum atomic E-state index is 12.5. The summed E-state index contributed by atoms with van der Waals surface area (Å²) in [4.78, 5) is 0. The average Bonchev–Trinajstić information content (AvgIpc) is 2.44. The molecule has 1 aliphatic heterocycles. The first-order chi connectivity index (χ1) is 9.27. The van der Waals surface area contributed by atoms with Gasteiger partial charge in [-0.3, -0.25) is 0 Å². The normalized spacial score (nSPS) is 22.3. The fourth-order valence-electron chi connectivity index (χ4n) is 1.91. The maximum absolute atomic E-state index is 12.5. The highest BCUT2D eigenvalue weighted by Gasteiger charge is 2.41. The summed E-state index contributed by atoms with van der Waals surface area (Å²) in [6, 6.07) is 0. The summed E-state index contributed by atoms with van der Waals surface area (Å²) in [6.07, 6.45) is 0.545. The summed E-state index contributed by atoms with van der Waals surface area (Å²) < 4.78 is 51.5. The second-order valence-electron chi connectivity index (χ2n) is 4.56. The van der Waals surface area contributed by atoms with Crippen LogP contribution >= 0.6 is 11.8 Å². The van der Waals surface area contributed by atoms with Crippen molar-refractivity contribution in [2.75, 3.05) is 43.9 Å². The van der Waals surface area contributed by atoms with Crippen LogP contribution in [0.4, 0.5) is 0 Å². The van der Waals surface area contributed by atoms with E-state index >= 15 is 0 Å². The van der Waals surface area contributed by atoms with Crippen molar-refractivity contribution >= 4 is 31.8 Å². The summed E-state index contributed by atoms with van der Waals surface area (Å²) in [6.45, 7) is 2.45. The quantitative estimate of drug-likeness (QED) is 0.656. The molecule has 0 aromatic rings. The van der Waals surface area contributed by atoms with E-state index in [0.29, 0.717) is 31.0 Å². The van der Waals surface area contributed by atoms with Crippen LogP contribution in [-0.4, -0.2) is 74.8 Å². The molecule has 0 aromatic heterocycles. The lowest BCUT2D eigenvalue weighted by Gasteiger charge is -2.36. The predicted octanol–water partition coefficient (Wildman–Crippen LogP) is -0.679. The van der Waals surface area contributed by atoms with Crippen molar-refractivity contribution in [1.29, 1.82) is 0 Å². The topological polar surface area (TPSA) is 101 Å². The standard InChI is InChI=1S/C10H23N3O4S3/c1-3-19(14,15)10-9-18-8-7-13(10)20(16,17)12(2)6-4-5-11/h10H,3-9,11H2,1-2H3. The Hall–Kier alpha value is 0.130. The van der Waals surface area contributed by atoms with Crippen molar-refractivity contribution in [2.45, 2.75) is 18.7 Å². The van der Waals surface area contributed by atoms with E-state index in [1.807, 2.05) is 0 Å². The SMILES string of the molecule is CCS(=O)(=O)C1CSCCN1S(=O)(=O)N(C)CCCN. The van der Waals surface area contributed by atoms with Crippen molar-refractivity contribution in [2.24, 2.45) is 5.73 Å². The molecular formula is C10H23N3O4S3. The Bertz CT molecular complexity index is 506. The number of thioether (sulfide) groups is 1. The molecule has 0 aliphatic carbocycles. The van der Waals surface area contributed by atoms with E-state index in [1.165, 1.54) is 30.0 Å². The molecule has 1 rings (SSSR count). The van der Waals surface area contributed by atoms with Crippen LogP contribution in [0.1, 0.15) is 13.3 Å². The molecule has 1 unspecified atom stereocenters. The van der Waals surface area contributed by atoms with E-state index in [0.717, 1.165) is 4.31 Å². The minimum Gasteiger partial charge on any atom is -0.330 e. The van der Waals surface area contributed by atoms with Gasteiger partial charge in [-0.15, -0.1) is 0 Å². The van der Waals surface area contributed by atoms with Gasteiger partial charge < -0.3 is 5.73 Å². The summed E-state index contributed by atoms with van der Waals surface area (Å²) in [7, 11) is -5.73. The number of rotatable bonds is 7. The van der Waals surface area contributed by atoms with Crippen LogP contribution in [0, 0.1) is 0 Å². The molecule has 0 spiro atoms. The Morgan fingerprint density at radius 2 is 2.00 bits per heavy atom. The molecule has 0 bridgehead atoms. The number of hydrogen-bond donors (Lipinski definition) is 1. The number of hydrogen-bond acceptors (Lipinski definition) is 6. The Kier molecular flexibility index (Phi) is 6.74. The van der Waals surface area contributed by atoms with Crippen LogP contribution in [-0.2, 0) is 20.0 Å². The van der Waals surface area contributed by atoms with Crippen molar-refractivity contribution < 1.29 is 16.8 Å². The largest absolute Gasteiger partial charge is 0.330 e. The summed E-state index contributed by atoms with van der Waals surface area (Å²) in [5, 5.41) is -0.962. The van der Waals surface area contributed by atoms with Gasteiger partial charge in [0, 0.05) is 37.4 Å². The number of nitrogens with zero attached hydrogens (tertiary/aromatic N) is 2. The van der Waals surface area contributed by atoms with E-state index in [4.69, 9.17) is 5.73 Å². The smallest absolute Gasteiger partial charge is 0.282 e. The minimum atomic E-state index is -3.76. The number of nitrogens with two attached hydrogens (primary N) is 1. The molecule has 0 radical (unpaired) electrons. The lowest BCUT2D eigenvalue weighted by atomic mass is 10.4. The summed E-state index contributed by atoms with van der Waals surface area (Å²) in [5.74, 6) is 0.844. The van der Waals surface area contributed by atoms with E-state index < -0.39 is 25.4 Å². The van der Waals surface area contributed by atoms with Crippen LogP contribution in [0.5, 0.6) is 0 Å². The second kappa shape index (κ2) is 7.41. The van der Waals surface area contributed by atoms with Gasteiger partial charge in [0.2, 0.25) is 0 Å². The Morgan fingerprint density at radius 3 is 2.55 bits per heavy atom. The van der Waals surface area contributed by atoms with Gasteiger partial charge in [-0.1, -0.05) is 6.92 Å². The Labute approximate surface area is 126 Å². The zero-order valence-corrected chi connectivity index (χ0v) is 14.3. The van der Waals surface area contributed by atoms with E-state index in [9.17, 15) is 16.8 Å². The molecule has 1 saturated heterocycles. The molecule has 1 fully saturated rings. The zero-order valence-electron chi connectivity index (χ0n) is 11.9. The first-order valence-electron chi connectivity index (χ1n) is 6.50. The predicted molar refractivity (Wildman–Crippen MR) is 82.5 cm³/mol. The van der Waals surface area contributed by atoms with Crippen LogP contribution in [0.2, 0.25) is 0 Å². The highest BCUT2D eigenvalue weighted by Crippen LogP contribution is 2.25. The lowest BCUT2D eigenvalue weighted by molar-refractivity contribution is 0.353. The van der Waals surface area contributed by atoms with Crippen LogP contribution < -0.4 is 5.73 Å². The molecule has 1 heterocycles. The molecule has 0 aromatic carbocycles. The van der Waals surface area contributed by atoms with Crippen molar-refractivity contribution in [1.82, 2.24) is 8.61 Å². The van der Waals surface area contributed by atoms with Crippen LogP contribution in [0.3, 0.4) is 0 Å². The van der Waals surface area contributed by atoms with E-state index in [2.05, 4.69) is 0 Å². The van der Waals surface area contributed by atoms with E-state index in [-0.39, 0.29) is 12.3 Å². The third kappa shape index (κ3) is 4.08. The molecule has 10 heteroatoms. The van der Waals surface area contributed by atoms with Gasteiger partial charge in [0.15, 0.2) is 9.84 Å². The first kappa shape index (κ1) is 18.2. The van der Waals surface area contributed by atoms with Gasteiger partial charge in [0.1, 0.15) is 5.37 Å². The molecule has 2 N–H and O–H groups in total. The van der Waals surface area contributed by atoms with Gasteiger partial charge in [-0.05, 0) is 13.0 Å². The third-order valence-electron chi connectivity index (χ3n) is 3.22. The molecule has 1 atom stereocenters. The molecule has 20 heavy (non-hydrogen) atoms. The van der Waals surface area contributed by atoms with Gasteiger partial charge in [-0.2, -0.15) is 28.8 Å². The third-order valence-corrected chi connectivity index (χ3v) is 8.64. The van der Waals surface area contributed by atoms with Gasteiger partial charge >= 0.3 is 0 Å². The van der Waals surface area contributed by atoms with Crippen molar-refractivity contribution in [3.8, 4) is 0 Å². The summed E-state index contributed by atoms with van der Waals surface area (Å²) in [5.41, 5.74) is 5.38. The first-order valence-corrected chi connectivity index (χ1v) is 10.8. The molecule has 1 aliphatic rings. The minimum absolute atomic E-state index is 0.0588. The van der Waals surface area contributed by atoms with Crippen molar-refractivity contribution in [3.63, 3.8) is 0 Å². The van der Waals surface area contributed by atoms with Gasteiger partial charge in [0.05, 0.1) is 0 Å². The average molecular weight is 346 g/mol. The lowest BCUT2D eigenvalue weighted by Crippen LogP contribution is -2.54. The Balaban J connectivity index is 3.00. The second-order valence-corrected chi connectivity index (χ2v) is 10.1. The molecule has 0 saturated carbocycles. The monoisotopic (exact) mass is 345 g/mol. The maximum Gasteiger partial charge on any atom is 0.282 e. The molecule has 7 nitrogen and oxygen atoms in total. The van der Waals surface area contributed by atoms with Crippen molar-refractivity contribution in [3.05, 3.63) is 0 Å². The number of sulfone groups is 1. The molecule has 120 valence electrons. The fraction of sp³-hybridized carbons (Fsp3) is 1.00. The molecular weight excluding hydrogens is 322 g/mol. The van der Waals surface area contributed by atoms with Crippen LogP contribution in [0.25, 0.3) is 0 Å². The van der Waals surface area contributed by atoms with Crippen LogP contribution in [0.15, 0.2) is 0 Å². The highest BCUT2D eigenvalue weighted by atomic mass is 32.2.